The van der Waals surface area contributed by atoms with Crippen molar-refractivity contribution in [2.24, 2.45) is 0 Å². The lowest BCUT2D eigenvalue weighted by Crippen LogP contribution is -2.28. The fraction of sp³-hybridized carbons (Fsp3) is 0.462. The molecule has 1 aromatic carbocycles. The number of thioether (sulfide) groups is 1. The van der Waals surface area contributed by atoms with Crippen molar-refractivity contribution >= 4 is 33.6 Å². The summed E-state index contributed by atoms with van der Waals surface area (Å²) in [7, 11) is 0. The van der Waals surface area contributed by atoms with Gasteiger partial charge >= 0.3 is 0 Å². The van der Waals surface area contributed by atoms with Gasteiger partial charge in [-0.25, -0.2) is 0 Å². The Morgan fingerprint density at radius 1 is 1.44 bits per heavy atom. The maximum atomic E-state index is 11.5. The molecule has 2 N–H and O–H groups in total. The van der Waals surface area contributed by atoms with E-state index in [1.807, 2.05) is 31.2 Å². The second-order valence-corrected chi connectivity index (χ2v) is 5.91. The van der Waals surface area contributed by atoms with Crippen molar-refractivity contribution in [1.29, 1.82) is 0 Å². The summed E-state index contributed by atoms with van der Waals surface area (Å²) in [6.45, 7) is 2.46. The average Bonchev–Trinajstić information content (AvgIpc) is 2.38. The Hall–Kier alpha value is -0.520. The van der Waals surface area contributed by atoms with Crippen LogP contribution in [0.3, 0.4) is 0 Å². The maximum Gasteiger partial charge on any atom is 0.230 e. The van der Waals surface area contributed by atoms with Gasteiger partial charge in [0, 0.05) is 15.9 Å². The SMILES string of the molecule is CCC(O)CCNC(=O)CSc1ccc(Br)cc1. The van der Waals surface area contributed by atoms with E-state index in [1.54, 1.807) is 0 Å². The lowest BCUT2D eigenvalue weighted by molar-refractivity contribution is -0.118. The van der Waals surface area contributed by atoms with Gasteiger partial charge in [0.05, 0.1) is 11.9 Å². The van der Waals surface area contributed by atoms with Crippen LogP contribution in [0.5, 0.6) is 0 Å². The van der Waals surface area contributed by atoms with Gasteiger partial charge in [0.2, 0.25) is 5.91 Å². The van der Waals surface area contributed by atoms with Gasteiger partial charge in [0.1, 0.15) is 0 Å². The zero-order valence-corrected chi connectivity index (χ0v) is 12.8. The molecule has 0 aromatic heterocycles. The fourth-order valence-corrected chi connectivity index (χ4v) is 2.31. The van der Waals surface area contributed by atoms with Gasteiger partial charge in [-0.2, -0.15) is 0 Å². The quantitative estimate of drug-likeness (QED) is 0.755. The molecule has 1 rings (SSSR count). The predicted octanol–water partition coefficient (Wildman–Crippen LogP) is 2.82. The first-order valence-electron chi connectivity index (χ1n) is 5.95. The second kappa shape index (κ2) is 8.56. The van der Waals surface area contributed by atoms with Crippen LogP contribution < -0.4 is 5.32 Å². The van der Waals surface area contributed by atoms with Crippen molar-refractivity contribution in [2.45, 2.75) is 30.8 Å². The van der Waals surface area contributed by atoms with Gasteiger partial charge in [-0.1, -0.05) is 22.9 Å². The average molecular weight is 332 g/mol. The lowest BCUT2D eigenvalue weighted by Gasteiger charge is -2.08. The van der Waals surface area contributed by atoms with Crippen LogP contribution in [-0.2, 0) is 4.79 Å². The molecule has 0 radical (unpaired) electrons. The molecule has 0 saturated carbocycles. The number of aliphatic hydroxyl groups excluding tert-OH is 1. The highest BCUT2D eigenvalue weighted by Crippen LogP contribution is 2.20. The number of nitrogens with one attached hydrogen (secondary N) is 1. The molecule has 0 saturated heterocycles. The molecule has 0 fully saturated rings. The van der Waals surface area contributed by atoms with Crippen molar-refractivity contribution in [3.05, 3.63) is 28.7 Å². The first-order chi connectivity index (χ1) is 8.61. The first kappa shape index (κ1) is 15.5. The van der Waals surface area contributed by atoms with Crippen molar-refractivity contribution in [3.63, 3.8) is 0 Å². The minimum Gasteiger partial charge on any atom is -0.393 e. The van der Waals surface area contributed by atoms with E-state index in [2.05, 4.69) is 21.2 Å². The minimum atomic E-state index is -0.315. The topological polar surface area (TPSA) is 49.3 Å². The van der Waals surface area contributed by atoms with Crippen LogP contribution in [0.1, 0.15) is 19.8 Å². The van der Waals surface area contributed by atoms with Gasteiger partial charge in [0.15, 0.2) is 0 Å². The van der Waals surface area contributed by atoms with E-state index in [9.17, 15) is 9.90 Å². The van der Waals surface area contributed by atoms with Crippen molar-refractivity contribution in [2.75, 3.05) is 12.3 Å². The van der Waals surface area contributed by atoms with E-state index in [0.29, 0.717) is 18.7 Å². The van der Waals surface area contributed by atoms with Crippen LogP contribution in [0, 0.1) is 0 Å². The molecule has 0 heterocycles. The third-order valence-corrected chi connectivity index (χ3v) is 4.00. The predicted molar refractivity (Wildman–Crippen MR) is 78.8 cm³/mol. The first-order valence-corrected chi connectivity index (χ1v) is 7.72. The van der Waals surface area contributed by atoms with Gasteiger partial charge in [-0.15, -0.1) is 11.8 Å². The molecule has 3 nitrogen and oxygen atoms in total. The van der Waals surface area contributed by atoms with Gasteiger partial charge in [-0.05, 0) is 37.1 Å². The summed E-state index contributed by atoms with van der Waals surface area (Å²) in [6, 6.07) is 7.86. The monoisotopic (exact) mass is 331 g/mol. The van der Waals surface area contributed by atoms with E-state index in [1.165, 1.54) is 11.8 Å². The Balaban J connectivity index is 2.19. The van der Waals surface area contributed by atoms with Crippen LogP contribution in [-0.4, -0.2) is 29.4 Å². The standard InChI is InChI=1S/C13H18BrNO2S/c1-2-11(16)7-8-15-13(17)9-18-12-5-3-10(14)4-6-12/h3-6,11,16H,2,7-9H2,1H3,(H,15,17). The molecule has 18 heavy (non-hydrogen) atoms. The number of carbonyl (C=O) groups excluding carboxylic acids is 1. The minimum absolute atomic E-state index is 0.00576. The van der Waals surface area contributed by atoms with E-state index >= 15 is 0 Å². The van der Waals surface area contributed by atoms with Crippen LogP contribution in [0.25, 0.3) is 0 Å². The Morgan fingerprint density at radius 2 is 2.11 bits per heavy atom. The Morgan fingerprint density at radius 3 is 2.72 bits per heavy atom. The fourth-order valence-electron chi connectivity index (χ4n) is 1.31. The zero-order valence-electron chi connectivity index (χ0n) is 10.4. The van der Waals surface area contributed by atoms with Crippen molar-refractivity contribution in [3.8, 4) is 0 Å². The molecule has 1 atom stereocenters. The largest absolute Gasteiger partial charge is 0.393 e. The second-order valence-electron chi connectivity index (χ2n) is 3.94. The zero-order chi connectivity index (χ0) is 13.4. The number of hydrogen-bond donors (Lipinski definition) is 2. The Kier molecular flexibility index (Phi) is 7.39. The highest BCUT2D eigenvalue weighted by Gasteiger charge is 2.04. The molecule has 0 aliphatic carbocycles. The molecule has 0 bridgehead atoms. The molecule has 0 spiro atoms. The van der Waals surface area contributed by atoms with E-state index in [0.717, 1.165) is 15.8 Å². The molecule has 0 aliphatic heterocycles. The summed E-state index contributed by atoms with van der Waals surface area (Å²) in [5.74, 6) is 0.412. The third kappa shape index (κ3) is 6.42. The summed E-state index contributed by atoms with van der Waals surface area (Å²) < 4.78 is 1.03. The van der Waals surface area contributed by atoms with E-state index in [-0.39, 0.29) is 12.0 Å². The Bertz CT molecular complexity index is 370. The van der Waals surface area contributed by atoms with Crippen LogP contribution in [0.15, 0.2) is 33.6 Å². The van der Waals surface area contributed by atoms with Crippen LogP contribution >= 0.6 is 27.7 Å². The maximum absolute atomic E-state index is 11.5. The van der Waals surface area contributed by atoms with Crippen LogP contribution in [0.2, 0.25) is 0 Å². The summed E-state index contributed by atoms with van der Waals surface area (Å²) in [6.07, 6.45) is 1.03. The molecule has 1 unspecified atom stereocenters. The Labute approximate surface area is 120 Å². The number of benzene rings is 1. The number of amides is 1. The number of halogens is 1. The molecule has 0 aliphatic rings. The van der Waals surface area contributed by atoms with Crippen molar-refractivity contribution in [1.82, 2.24) is 5.32 Å². The molecule has 100 valence electrons. The number of hydrogen-bond acceptors (Lipinski definition) is 3. The van der Waals surface area contributed by atoms with Gasteiger partial charge in [0.25, 0.3) is 0 Å². The summed E-state index contributed by atoms with van der Waals surface area (Å²) >= 11 is 4.87. The van der Waals surface area contributed by atoms with Crippen molar-refractivity contribution < 1.29 is 9.90 Å². The van der Waals surface area contributed by atoms with Gasteiger partial charge < -0.3 is 10.4 Å². The number of carbonyl (C=O) groups is 1. The van der Waals surface area contributed by atoms with E-state index < -0.39 is 0 Å². The van der Waals surface area contributed by atoms with Crippen LogP contribution in [0.4, 0.5) is 0 Å². The normalized spacial score (nSPS) is 12.2. The van der Waals surface area contributed by atoms with Gasteiger partial charge in [-0.3, -0.25) is 4.79 Å². The molecule has 1 amide bonds. The summed E-state index contributed by atoms with van der Waals surface area (Å²) in [4.78, 5) is 12.6. The third-order valence-electron chi connectivity index (χ3n) is 2.45. The smallest absolute Gasteiger partial charge is 0.230 e. The molecular formula is C13H18BrNO2S. The van der Waals surface area contributed by atoms with E-state index in [4.69, 9.17) is 0 Å². The highest BCUT2D eigenvalue weighted by atomic mass is 79.9. The molecule has 5 heteroatoms. The molecule has 1 aromatic rings. The number of rotatable bonds is 7. The molecular weight excluding hydrogens is 314 g/mol. The summed E-state index contributed by atoms with van der Waals surface area (Å²) in [5.41, 5.74) is 0. The summed E-state index contributed by atoms with van der Waals surface area (Å²) in [5, 5.41) is 12.1. The number of aliphatic hydroxyl groups is 1. The highest BCUT2D eigenvalue weighted by molar-refractivity contribution is 9.10. The lowest BCUT2D eigenvalue weighted by atomic mass is 10.2.